The largest absolute Gasteiger partial charge is 0.481 e. The van der Waals surface area contributed by atoms with Crippen LogP contribution in [-0.4, -0.2) is 64.0 Å². The van der Waals surface area contributed by atoms with Crippen molar-refractivity contribution in [3.05, 3.63) is 16.1 Å². The van der Waals surface area contributed by atoms with Gasteiger partial charge in [0.2, 0.25) is 5.91 Å². The van der Waals surface area contributed by atoms with Crippen molar-refractivity contribution in [2.24, 2.45) is 11.8 Å². The molecule has 8 nitrogen and oxygen atoms in total. The average molecular weight is 505 g/mol. The Balaban J connectivity index is 1.41. The molecule has 0 bridgehead atoms. The second-order valence-corrected chi connectivity index (χ2v) is 11.9. The van der Waals surface area contributed by atoms with Gasteiger partial charge in [0.25, 0.3) is 5.91 Å². The number of nitrogens with zero attached hydrogens (tertiary/aromatic N) is 2. The molecule has 1 aromatic rings. The number of carboxylic acids is 1. The highest BCUT2D eigenvalue weighted by molar-refractivity contribution is 7.13. The van der Waals surface area contributed by atoms with Crippen LogP contribution in [0.4, 0.5) is 0 Å². The Morgan fingerprint density at radius 2 is 1.77 bits per heavy atom. The lowest BCUT2D eigenvalue weighted by Crippen LogP contribution is -2.58. The lowest BCUT2D eigenvalue weighted by atomic mass is 9.83. The maximum Gasteiger partial charge on any atom is 0.310 e. The van der Waals surface area contributed by atoms with Gasteiger partial charge in [0.15, 0.2) is 5.01 Å². The maximum absolute atomic E-state index is 13.7. The van der Waals surface area contributed by atoms with Gasteiger partial charge < -0.3 is 20.6 Å². The fraction of sp³-hybridized carbons (Fsp3) is 0.769. The number of aryl methyl sites for hydroxylation is 1. The third-order valence-electron chi connectivity index (χ3n) is 8.01. The van der Waals surface area contributed by atoms with Gasteiger partial charge in [0, 0.05) is 36.2 Å². The third kappa shape index (κ3) is 7.03. The number of carbonyl (C=O) groups excluding carboxylic acids is 2. The number of likely N-dealkylation sites (tertiary alicyclic amines) is 1. The number of aliphatic carboxylic acids is 1. The van der Waals surface area contributed by atoms with E-state index in [0.717, 1.165) is 24.1 Å². The summed E-state index contributed by atoms with van der Waals surface area (Å²) in [5, 5.41) is 16.9. The Kier molecular flexibility index (Phi) is 9.16. The lowest BCUT2D eigenvalue weighted by Gasteiger charge is -2.40. The van der Waals surface area contributed by atoms with E-state index in [4.69, 9.17) is 0 Å². The van der Waals surface area contributed by atoms with Crippen LogP contribution in [0.1, 0.15) is 91.7 Å². The zero-order valence-corrected chi connectivity index (χ0v) is 21.7. The highest BCUT2D eigenvalue weighted by Crippen LogP contribution is 2.29. The molecule has 2 saturated carbocycles. The Bertz CT molecular complexity index is 858. The molecule has 0 aromatic carbocycles. The zero-order chi connectivity index (χ0) is 24.8. The molecule has 35 heavy (non-hydrogen) atoms. The predicted molar refractivity (Wildman–Crippen MR) is 135 cm³/mol. The smallest absolute Gasteiger partial charge is 0.310 e. The summed E-state index contributed by atoms with van der Waals surface area (Å²) >= 11 is 1.29. The first kappa shape index (κ1) is 26.1. The maximum atomic E-state index is 13.7. The van der Waals surface area contributed by atoms with Gasteiger partial charge in [0.05, 0.1) is 12.0 Å². The molecule has 1 unspecified atom stereocenters. The third-order valence-corrected chi connectivity index (χ3v) is 8.92. The van der Waals surface area contributed by atoms with E-state index in [1.165, 1.54) is 62.7 Å². The minimum atomic E-state index is -0.979. The average Bonchev–Trinajstić information content (AvgIpc) is 3.31. The molecule has 2 amide bonds. The normalized spacial score (nSPS) is 25.2. The first-order valence-corrected chi connectivity index (χ1v) is 14.2. The van der Waals surface area contributed by atoms with E-state index in [2.05, 4.69) is 15.6 Å². The van der Waals surface area contributed by atoms with Gasteiger partial charge >= 0.3 is 5.97 Å². The number of rotatable bonds is 8. The first-order valence-electron chi connectivity index (χ1n) is 13.4. The summed E-state index contributed by atoms with van der Waals surface area (Å²) < 4.78 is 0. The van der Waals surface area contributed by atoms with Gasteiger partial charge in [-0.2, -0.15) is 0 Å². The highest BCUT2D eigenvalue weighted by Gasteiger charge is 2.39. The molecular weight excluding hydrogens is 464 g/mol. The van der Waals surface area contributed by atoms with Crippen LogP contribution in [0.3, 0.4) is 0 Å². The molecule has 3 fully saturated rings. The van der Waals surface area contributed by atoms with Crippen LogP contribution >= 0.6 is 11.3 Å². The Morgan fingerprint density at radius 1 is 1.09 bits per heavy atom. The van der Waals surface area contributed by atoms with Crippen molar-refractivity contribution in [2.75, 3.05) is 13.1 Å². The van der Waals surface area contributed by atoms with E-state index in [1.807, 2.05) is 6.92 Å². The fourth-order valence-electron chi connectivity index (χ4n) is 6.04. The SMILES string of the molecule is Cc1cnc(C(=O)N[C@@H]2CCN(C(=O)C(CC3CCCCC3)NC3CCCCC3)C[C@@H]2C(=O)O)s1. The van der Waals surface area contributed by atoms with Crippen molar-refractivity contribution >= 4 is 29.1 Å². The minimum Gasteiger partial charge on any atom is -0.481 e. The monoisotopic (exact) mass is 504 g/mol. The zero-order valence-electron chi connectivity index (χ0n) is 20.8. The standard InChI is InChI=1S/C26H40N4O4S/c1-17-15-27-24(35-17)23(31)29-21-12-13-30(16-20(21)26(33)34)25(32)22(14-18-8-4-2-5-9-18)28-19-10-6-3-7-11-19/h15,18-22,28H,2-14,16H2,1H3,(H,29,31)(H,33,34)/t20-,21+,22?/m0/s1. The van der Waals surface area contributed by atoms with Crippen LogP contribution in [0.2, 0.25) is 0 Å². The number of carboxylic acid groups (broad SMARTS) is 1. The summed E-state index contributed by atoms with van der Waals surface area (Å²) in [6.07, 6.45) is 14.9. The molecule has 4 rings (SSSR count). The molecule has 1 aromatic heterocycles. The molecular formula is C26H40N4O4S. The van der Waals surface area contributed by atoms with Crippen LogP contribution in [-0.2, 0) is 9.59 Å². The second-order valence-electron chi connectivity index (χ2n) is 10.7. The summed E-state index contributed by atoms with van der Waals surface area (Å²) in [5.41, 5.74) is 0. The van der Waals surface area contributed by atoms with E-state index in [1.54, 1.807) is 11.1 Å². The van der Waals surface area contributed by atoms with Crippen LogP contribution < -0.4 is 10.6 Å². The second kappa shape index (κ2) is 12.3. The first-order chi connectivity index (χ1) is 16.9. The molecule has 9 heteroatoms. The van der Waals surface area contributed by atoms with E-state index in [0.29, 0.717) is 29.9 Å². The Morgan fingerprint density at radius 3 is 2.40 bits per heavy atom. The van der Waals surface area contributed by atoms with Gasteiger partial charge in [-0.1, -0.05) is 51.4 Å². The fourth-order valence-corrected chi connectivity index (χ4v) is 6.70. The van der Waals surface area contributed by atoms with Crippen molar-refractivity contribution in [1.29, 1.82) is 0 Å². The number of aromatic nitrogens is 1. The van der Waals surface area contributed by atoms with E-state index < -0.39 is 17.9 Å². The quantitative estimate of drug-likeness (QED) is 0.497. The van der Waals surface area contributed by atoms with Crippen LogP contribution in [0.25, 0.3) is 0 Å². The van der Waals surface area contributed by atoms with Gasteiger partial charge in [-0.15, -0.1) is 11.3 Å². The lowest BCUT2D eigenvalue weighted by molar-refractivity contribution is -0.147. The number of hydrogen-bond acceptors (Lipinski definition) is 6. The molecule has 1 aliphatic heterocycles. The number of carbonyl (C=O) groups is 3. The van der Waals surface area contributed by atoms with E-state index >= 15 is 0 Å². The van der Waals surface area contributed by atoms with Gasteiger partial charge in [-0.05, 0) is 38.5 Å². The van der Waals surface area contributed by atoms with Crippen molar-refractivity contribution in [1.82, 2.24) is 20.5 Å². The molecule has 3 atom stereocenters. The number of piperidine rings is 1. The van der Waals surface area contributed by atoms with Crippen LogP contribution in [0.5, 0.6) is 0 Å². The number of thiazole rings is 1. The highest BCUT2D eigenvalue weighted by atomic mass is 32.1. The topological polar surface area (TPSA) is 112 Å². The summed E-state index contributed by atoms with van der Waals surface area (Å²) in [6.45, 7) is 2.46. The van der Waals surface area contributed by atoms with E-state index in [9.17, 15) is 19.5 Å². The van der Waals surface area contributed by atoms with E-state index in [-0.39, 0.29) is 24.4 Å². The Labute approximate surface area is 212 Å². The molecule has 0 spiro atoms. The molecule has 194 valence electrons. The van der Waals surface area contributed by atoms with Gasteiger partial charge in [-0.3, -0.25) is 14.4 Å². The van der Waals surface area contributed by atoms with Gasteiger partial charge in [0.1, 0.15) is 0 Å². The molecule has 1 saturated heterocycles. The number of amides is 2. The minimum absolute atomic E-state index is 0.0349. The molecule has 0 radical (unpaired) electrons. The number of hydrogen-bond donors (Lipinski definition) is 3. The van der Waals surface area contributed by atoms with Crippen LogP contribution in [0.15, 0.2) is 6.20 Å². The summed E-state index contributed by atoms with van der Waals surface area (Å²) in [6, 6.07) is -0.397. The summed E-state index contributed by atoms with van der Waals surface area (Å²) in [7, 11) is 0. The Hall–Kier alpha value is -2.00. The predicted octanol–water partition coefficient (Wildman–Crippen LogP) is 3.74. The van der Waals surface area contributed by atoms with Crippen molar-refractivity contribution in [3.63, 3.8) is 0 Å². The molecule has 2 aliphatic carbocycles. The van der Waals surface area contributed by atoms with Crippen molar-refractivity contribution in [2.45, 2.75) is 102 Å². The molecule has 3 N–H and O–H groups in total. The van der Waals surface area contributed by atoms with Crippen molar-refractivity contribution in [3.8, 4) is 0 Å². The summed E-state index contributed by atoms with van der Waals surface area (Å²) in [4.78, 5) is 45.3. The molecule has 3 aliphatic rings. The summed E-state index contributed by atoms with van der Waals surface area (Å²) in [5.74, 6) is -1.56. The number of nitrogens with one attached hydrogen (secondary N) is 2. The van der Waals surface area contributed by atoms with Gasteiger partial charge in [-0.25, -0.2) is 4.98 Å². The van der Waals surface area contributed by atoms with Crippen LogP contribution in [0, 0.1) is 18.8 Å². The van der Waals surface area contributed by atoms with Crippen molar-refractivity contribution < 1.29 is 19.5 Å². The molecule has 2 heterocycles.